The number of likely N-dealkylation sites (N-methyl/N-ethyl adjacent to an activating group) is 1. The molecule has 1 atom stereocenters. The van der Waals surface area contributed by atoms with Crippen molar-refractivity contribution in [3.05, 3.63) is 29.8 Å². The monoisotopic (exact) mass is 216 g/mol. The van der Waals surface area contributed by atoms with Gasteiger partial charge in [-0.25, -0.2) is 0 Å². The quantitative estimate of drug-likeness (QED) is 0.832. The van der Waals surface area contributed by atoms with Crippen molar-refractivity contribution >= 4 is 5.69 Å². The van der Waals surface area contributed by atoms with E-state index in [2.05, 4.69) is 41.4 Å². The van der Waals surface area contributed by atoms with Gasteiger partial charge in [-0.3, -0.25) is 4.90 Å². The molecule has 0 saturated heterocycles. The lowest BCUT2D eigenvalue weighted by atomic mass is 10.0. The van der Waals surface area contributed by atoms with E-state index in [9.17, 15) is 0 Å². The Morgan fingerprint density at radius 2 is 2.12 bits per heavy atom. The summed E-state index contributed by atoms with van der Waals surface area (Å²) in [4.78, 5) is 2.65. The number of benzene rings is 1. The van der Waals surface area contributed by atoms with Crippen LogP contribution >= 0.6 is 0 Å². The summed E-state index contributed by atoms with van der Waals surface area (Å²) in [5, 5.41) is 3.51. The number of nitrogens with zero attached hydrogens (tertiary/aromatic N) is 1. The predicted octanol–water partition coefficient (Wildman–Crippen LogP) is 2.68. The first-order valence-corrected chi connectivity index (χ1v) is 6.45. The van der Waals surface area contributed by atoms with Gasteiger partial charge in [0.15, 0.2) is 0 Å². The van der Waals surface area contributed by atoms with E-state index in [0.29, 0.717) is 5.92 Å². The zero-order valence-electron chi connectivity index (χ0n) is 9.95. The molecule has 0 radical (unpaired) electrons. The van der Waals surface area contributed by atoms with E-state index in [1.165, 1.54) is 37.2 Å². The molecular weight excluding hydrogens is 196 g/mol. The maximum atomic E-state index is 3.51. The minimum Gasteiger partial charge on any atom is -0.384 e. The summed E-state index contributed by atoms with van der Waals surface area (Å²) < 4.78 is 0. The maximum absolute atomic E-state index is 3.51. The van der Waals surface area contributed by atoms with Crippen LogP contribution in [0.15, 0.2) is 24.3 Å². The van der Waals surface area contributed by atoms with E-state index in [-0.39, 0.29) is 0 Å². The molecule has 0 aromatic heterocycles. The Kier molecular flexibility index (Phi) is 2.60. The van der Waals surface area contributed by atoms with Gasteiger partial charge in [0.05, 0.1) is 0 Å². The molecule has 3 rings (SSSR count). The van der Waals surface area contributed by atoms with Gasteiger partial charge in [-0.15, -0.1) is 0 Å². The van der Waals surface area contributed by atoms with Crippen molar-refractivity contribution < 1.29 is 0 Å². The van der Waals surface area contributed by atoms with Crippen LogP contribution in [0, 0.1) is 0 Å². The summed E-state index contributed by atoms with van der Waals surface area (Å²) in [6.45, 7) is 5.82. The molecule has 1 unspecified atom stereocenters. The van der Waals surface area contributed by atoms with Crippen LogP contribution in [0.3, 0.4) is 0 Å². The number of hydrogen-bond donors (Lipinski definition) is 1. The van der Waals surface area contributed by atoms with Crippen LogP contribution < -0.4 is 5.32 Å². The standard InChI is InChI=1S/C14H20N2/c1-2-16(12-7-8-12)10-11-9-15-14-6-4-3-5-13(11)14/h3-6,11-12,15H,2,7-10H2,1H3. The first-order chi connectivity index (χ1) is 7.88. The van der Waals surface area contributed by atoms with Crippen molar-refractivity contribution in [3.63, 3.8) is 0 Å². The Balaban J connectivity index is 1.72. The Labute approximate surface area is 97.6 Å². The second-order valence-electron chi connectivity index (χ2n) is 4.98. The van der Waals surface area contributed by atoms with E-state index >= 15 is 0 Å². The largest absolute Gasteiger partial charge is 0.384 e. The van der Waals surface area contributed by atoms with Crippen LogP contribution in [0.1, 0.15) is 31.2 Å². The number of rotatable bonds is 4. The van der Waals surface area contributed by atoms with Crippen molar-refractivity contribution in [1.29, 1.82) is 0 Å². The molecule has 1 aromatic rings. The molecule has 2 aliphatic rings. The zero-order chi connectivity index (χ0) is 11.0. The molecule has 1 aliphatic carbocycles. The molecule has 16 heavy (non-hydrogen) atoms. The lowest BCUT2D eigenvalue weighted by molar-refractivity contribution is 0.264. The summed E-state index contributed by atoms with van der Waals surface area (Å²) in [5.41, 5.74) is 2.86. The Morgan fingerprint density at radius 1 is 1.31 bits per heavy atom. The third-order valence-corrected chi connectivity index (χ3v) is 3.86. The van der Waals surface area contributed by atoms with E-state index in [1.54, 1.807) is 0 Å². The van der Waals surface area contributed by atoms with Crippen LogP contribution in [0.4, 0.5) is 5.69 Å². The molecular formula is C14H20N2. The van der Waals surface area contributed by atoms with Gasteiger partial charge < -0.3 is 5.32 Å². The van der Waals surface area contributed by atoms with Crippen LogP contribution in [-0.2, 0) is 0 Å². The van der Waals surface area contributed by atoms with Crippen molar-refractivity contribution in [2.24, 2.45) is 0 Å². The van der Waals surface area contributed by atoms with Crippen molar-refractivity contribution in [3.8, 4) is 0 Å². The van der Waals surface area contributed by atoms with Gasteiger partial charge in [-0.2, -0.15) is 0 Å². The molecule has 2 nitrogen and oxygen atoms in total. The van der Waals surface area contributed by atoms with Gasteiger partial charge >= 0.3 is 0 Å². The van der Waals surface area contributed by atoms with Crippen molar-refractivity contribution in [1.82, 2.24) is 4.90 Å². The summed E-state index contributed by atoms with van der Waals surface area (Å²) >= 11 is 0. The van der Waals surface area contributed by atoms with Crippen LogP contribution in [0.25, 0.3) is 0 Å². The molecule has 1 aliphatic heterocycles. The summed E-state index contributed by atoms with van der Waals surface area (Å²) in [5.74, 6) is 0.691. The fourth-order valence-corrected chi connectivity index (χ4v) is 2.78. The zero-order valence-corrected chi connectivity index (χ0v) is 9.95. The first kappa shape index (κ1) is 10.2. The highest BCUT2D eigenvalue weighted by molar-refractivity contribution is 5.57. The molecule has 1 aromatic carbocycles. The first-order valence-electron chi connectivity index (χ1n) is 6.45. The predicted molar refractivity (Wildman–Crippen MR) is 67.9 cm³/mol. The molecule has 0 bridgehead atoms. The van der Waals surface area contributed by atoms with E-state index in [4.69, 9.17) is 0 Å². The van der Waals surface area contributed by atoms with Crippen molar-refractivity contribution in [2.75, 3.05) is 25.0 Å². The summed E-state index contributed by atoms with van der Waals surface area (Å²) in [6, 6.07) is 9.64. The van der Waals surface area contributed by atoms with Gasteiger partial charge in [0.25, 0.3) is 0 Å². The lowest BCUT2D eigenvalue weighted by Crippen LogP contribution is -2.31. The molecule has 1 heterocycles. The SMILES string of the molecule is CCN(CC1CNc2ccccc21)C1CC1. The Bertz CT molecular complexity index is 371. The average molecular weight is 216 g/mol. The number of nitrogens with one attached hydrogen (secondary N) is 1. The third kappa shape index (κ3) is 1.82. The molecule has 0 spiro atoms. The second-order valence-corrected chi connectivity index (χ2v) is 4.98. The van der Waals surface area contributed by atoms with Gasteiger partial charge in [-0.1, -0.05) is 25.1 Å². The highest BCUT2D eigenvalue weighted by atomic mass is 15.2. The molecule has 1 saturated carbocycles. The lowest BCUT2D eigenvalue weighted by Gasteiger charge is -2.23. The fraction of sp³-hybridized carbons (Fsp3) is 0.571. The second kappa shape index (κ2) is 4.10. The molecule has 0 amide bonds. The van der Waals surface area contributed by atoms with Gasteiger partial charge in [0.2, 0.25) is 0 Å². The molecule has 2 heteroatoms. The van der Waals surface area contributed by atoms with Crippen LogP contribution in [0.5, 0.6) is 0 Å². The van der Waals surface area contributed by atoms with Gasteiger partial charge in [0, 0.05) is 30.7 Å². The van der Waals surface area contributed by atoms with E-state index < -0.39 is 0 Å². The minimum absolute atomic E-state index is 0.691. The maximum Gasteiger partial charge on any atom is 0.0376 e. The smallest absolute Gasteiger partial charge is 0.0376 e. The Hall–Kier alpha value is -1.02. The normalized spacial score (nSPS) is 23.2. The highest BCUT2D eigenvalue weighted by Gasteiger charge is 2.31. The van der Waals surface area contributed by atoms with Crippen LogP contribution in [-0.4, -0.2) is 30.6 Å². The number of anilines is 1. The van der Waals surface area contributed by atoms with Gasteiger partial charge in [0.1, 0.15) is 0 Å². The van der Waals surface area contributed by atoms with E-state index in [0.717, 1.165) is 12.6 Å². The Morgan fingerprint density at radius 3 is 2.88 bits per heavy atom. The summed E-state index contributed by atoms with van der Waals surface area (Å²) in [6.07, 6.45) is 2.82. The fourth-order valence-electron chi connectivity index (χ4n) is 2.78. The number of hydrogen-bond acceptors (Lipinski definition) is 2. The highest BCUT2D eigenvalue weighted by Crippen LogP contribution is 2.34. The van der Waals surface area contributed by atoms with Gasteiger partial charge in [-0.05, 0) is 31.0 Å². The topological polar surface area (TPSA) is 15.3 Å². The average Bonchev–Trinajstić information content (AvgIpc) is 3.08. The third-order valence-electron chi connectivity index (χ3n) is 3.86. The number of fused-ring (bicyclic) bond motifs is 1. The van der Waals surface area contributed by atoms with Crippen molar-refractivity contribution in [2.45, 2.75) is 31.7 Å². The number of para-hydroxylation sites is 1. The molecule has 86 valence electrons. The summed E-state index contributed by atoms with van der Waals surface area (Å²) in [7, 11) is 0. The van der Waals surface area contributed by atoms with Crippen LogP contribution in [0.2, 0.25) is 0 Å². The molecule has 1 fully saturated rings. The van der Waals surface area contributed by atoms with E-state index in [1.807, 2.05) is 0 Å². The minimum atomic E-state index is 0.691. The molecule has 1 N–H and O–H groups in total.